The summed E-state index contributed by atoms with van der Waals surface area (Å²) in [5.41, 5.74) is 5.11. The SMILES string of the molecule is Cc1cc(C)c(CN2CCN(S(=O)(=O)C3CCS(=O)(=O)C3)CC2)c(C)c1. The Morgan fingerprint density at radius 2 is 1.62 bits per heavy atom. The van der Waals surface area contributed by atoms with E-state index in [1.54, 1.807) is 0 Å². The van der Waals surface area contributed by atoms with Crippen LogP contribution in [-0.4, -0.2) is 69.0 Å². The highest BCUT2D eigenvalue weighted by Gasteiger charge is 2.41. The fourth-order valence-electron chi connectivity index (χ4n) is 4.03. The topological polar surface area (TPSA) is 74.8 Å². The van der Waals surface area contributed by atoms with Gasteiger partial charge in [0.15, 0.2) is 9.84 Å². The first-order valence-corrected chi connectivity index (χ1v) is 12.4. The minimum atomic E-state index is -3.52. The third kappa shape index (κ3) is 4.13. The first-order chi connectivity index (χ1) is 12.1. The molecule has 0 radical (unpaired) electrons. The van der Waals surface area contributed by atoms with E-state index in [0.29, 0.717) is 26.2 Å². The van der Waals surface area contributed by atoms with Crippen molar-refractivity contribution in [2.24, 2.45) is 0 Å². The molecule has 2 fully saturated rings. The lowest BCUT2D eigenvalue weighted by atomic mass is 9.99. The number of hydrogen-bond donors (Lipinski definition) is 0. The average Bonchev–Trinajstić information content (AvgIpc) is 2.92. The molecule has 0 bridgehead atoms. The van der Waals surface area contributed by atoms with Crippen LogP contribution in [0.3, 0.4) is 0 Å². The number of piperazine rings is 1. The summed E-state index contributed by atoms with van der Waals surface area (Å²) in [6.07, 6.45) is 0.229. The van der Waals surface area contributed by atoms with Crippen molar-refractivity contribution in [3.8, 4) is 0 Å². The van der Waals surface area contributed by atoms with Gasteiger partial charge in [-0.2, -0.15) is 4.31 Å². The Kier molecular flexibility index (Phi) is 5.50. The van der Waals surface area contributed by atoms with Crippen LogP contribution in [0.15, 0.2) is 12.1 Å². The lowest BCUT2D eigenvalue weighted by Gasteiger charge is -2.35. The molecule has 1 aromatic carbocycles. The van der Waals surface area contributed by atoms with E-state index < -0.39 is 25.1 Å². The monoisotopic (exact) mass is 400 g/mol. The number of aryl methyl sites for hydroxylation is 3. The van der Waals surface area contributed by atoms with Crippen LogP contribution in [0.25, 0.3) is 0 Å². The molecule has 2 heterocycles. The molecular formula is C18H28N2O4S2. The van der Waals surface area contributed by atoms with E-state index in [2.05, 4.69) is 37.8 Å². The molecule has 0 saturated carbocycles. The molecule has 0 N–H and O–H groups in total. The van der Waals surface area contributed by atoms with Crippen LogP contribution in [0.5, 0.6) is 0 Å². The number of rotatable bonds is 4. The van der Waals surface area contributed by atoms with E-state index in [9.17, 15) is 16.8 Å². The van der Waals surface area contributed by atoms with Crippen molar-refractivity contribution in [3.05, 3.63) is 34.4 Å². The van der Waals surface area contributed by atoms with Crippen molar-refractivity contribution in [2.45, 2.75) is 39.0 Å². The highest BCUT2D eigenvalue weighted by molar-refractivity contribution is 7.95. The lowest BCUT2D eigenvalue weighted by molar-refractivity contribution is 0.180. The van der Waals surface area contributed by atoms with Crippen molar-refractivity contribution in [1.29, 1.82) is 0 Å². The molecule has 0 amide bonds. The summed E-state index contributed by atoms with van der Waals surface area (Å²) in [5.74, 6) is -0.236. The molecule has 146 valence electrons. The Labute approximate surface area is 157 Å². The second-order valence-corrected chi connectivity index (χ2v) is 12.1. The normalized spacial score (nSPS) is 24.8. The number of sulfone groups is 1. The smallest absolute Gasteiger partial charge is 0.218 e. The van der Waals surface area contributed by atoms with Gasteiger partial charge in [0.25, 0.3) is 0 Å². The lowest BCUT2D eigenvalue weighted by Crippen LogP contribution is -2.51. The van der Waals surface area contributed by atoms with Gasteiger partial charge in [-0.25, -0.2) is 16.8 Å². The summed E-state index contributed by atoms with van der Waals surface area (Å²) >= 11 is 0. The van der Waals surface area contributed by atoms with Crippen LogP contribution in [0.4, 0.5) is 0 Å². The highest BCUT2D eigenvalue weighted by atomic mass is 32.2. The molecule has 3 rings (SSSR count). The number of benzene rings is 1. The summed E-state index contributed by atoms with van der Waals surface area (Å²) in [6, 6.07) is 4.37. The molecule has 1 unspecified atom stereocenters. The Balaban J connectivity index is 1.63. The van der Waals surface area contributed by atoms with E-state index >= 15 is 0 Å². The van der Waals surface area contributed by atoms with E-state index in [-0.39, 0.29) is 17.9 Å². The molecule has 0 aromatic heterocycles. The summed E-state index contributed by atoms with van der Waals surface area (Å²) in [6.45, 7) is 9.37. The Morgan fingerprint density at radius 1 is 1.04 bits per heavy atom. The van der Waals surface area contributed by atoms with E-state index in [1.807, 2.05) is 0 Å². The first kappa shape index (κ1) is 19.8. The second-order valence-electron chi connectivity index (χ2n) is 7.62. The molecule has 8 heteroatoms. The largest absolute Gasteiger partial charge is 0.296 e. The van der Waals surface area contributed by atoms with Gasteiger partial charge in [-0.15, -0.1) is 0 Å². The van der Waals surface area contributed by atoms with Crippen LogP contribution < -0.4 is 0 Å². The Bertz CT molecular complexity index is 863. The molecule has 1 aromatic rings. The van der Waals surface area contributed by atoms with E-state index in [1.165, 1.54) is 26.6 Å². The van der Waals surface area contributed by atoms with Crippen molar-refractivity contribution in [3.63, 3.8) is 0 Å². The molecule has 26 heavy (non-hydrogen) atoms. The number of hydrogen-bond acceptors (Lipinski definition) is 5. The van der Waals surface area contributed by atoms with Crippen LogP contribution in [-0.2, 0) is 26.4 Å². The van der Waals surface area contributed by atoms with Gasteiger partial charge in [-0.3, -0.25) is 4.90 Å². The van der Waals surface area contributed by atoms with Crippen LogP contribution >= 0.6 is 0 Å². The van der Waals surface area contributed by atoms with Gasteiger partial charge in [-0.1, -0.05) is 17.7 Å². The molecule has 6 nitrogen and oxygen atoms in total. The maximum Gasteiger partial charge on any atom is 0.218 e. The fourth-order valence-corrected chi connectivity index (χ4v) is 8.54. The predicted octanol–water partition coefficient (Wildman–Crippen LogP) is 1.25. The van der Waals surface area contributed by atoms with Gasteiger partial charge in [0.2, 0.25) is 10.0 Å². The molecule has 0 aliphatic carbocycles. The zero-order valence-electron chi connectivity index (χ0n) is 15.7. The number of sulfonamides is 1. The van der Waals surface area contributed by atoms with Gasteiger partial charge in [-0.05, 0) is 43.9 Å². The van der Waals surface area contributed by atoms with Gasteiger partial charge in [0, 0.05) is 32.7 Å². The zero-order valence-corrected chi connectivity index (χ0v) is 17.4. The summed E-state index contributed by atoms with van der Waals surface area (Å²) in [4.78, 5) is 2.28. The van der Waals surface area contributed by atoms with Crippen molar-refractivity contribution in [2.75, 3.05) is 37.7 Å². The van der Waals surface area contributed by atoms with Crippen molar-refractivity contribution < 1.29 is 16.8 Å². The van der Waals surface area contributed by atoms with Crippen LogP contribution in [0.2, 0.25) is 0 Å². The second kappa shape index (κ2) is 7.22. The van der Waals surface area contributed by atoms with E-state index in [0.717, 1.165) is 6.54 Å². The van der Waals surface area contributed by atoms with Gasteiger partial charge in [0.05, 0.1) is 16.8 Å². The van der Waals surface area contributed by atoms with Crippen LogP contribution in [0.1, 0.15) is 28.7 Å². The van der Waals surface area contributed by atoms with Gasteiger partial charge >= 0.3 is 0 Å². The minimum Gasteiger partial charge on any atom is -0.296 e. The zero-order chi connectivity index (χ0) is 19.1. The summed E-state index contributed by atoms with van der Waals surface area (Å²) in [7, 11) is -6.72. The minimum absolute atomic E-state index is 0.0111. The van der Waals surface area contributed by atoms with Crippen LogP contribution in [0, 0.1) is 20.8 Å². The Hall–Kier alpha value is -0.960. The third-order valence-corrected chi connectivity index (χ3v) is 9.83. The predicted molar refractivity (Wildman–Crippen MR) is 103 cm³/mol. The third-order valence-electron chi connectivity index (χ3n) is 5.53. The molecule has 2 saturated heterocycles. The van der Waals surface area contributed by atoms with Gasteiger partial charge in [0.1, 0.15) is 0 Å². The summed E-state index contributed by atoms with van der Waals surface area (Å²) < 4.78 is 50.2. The van der Waals surface area contributed by atoms with E-state index in [4.69, 9.17) is 0 Å². The number of nitrogens with zero attached hydrogens (tertiary/aromatic N) is 2. The first-order valence-electron chi connectivity index (χ1n) is 9.07. The van der Waals surface area contributed by atoms with Crippen molar-refractivity contribution in [1.82, 2.24) is 9.21 Å². The molecule has 2 aliphatic heterocycles. The fraction of sp³-hybridized carbons (Fsp3) is 0.667. The highest BCUT2D eigenvalue weighted by Crippen LogP contribution is 2.24. The molecule has 1 atom stereocenters. The van der Waals surface area contributed by atoms with Gasteiger partial charge < -0.3 is 0 Å². The van der Waals surface area contributed by atoms with Crippen molar-refractivity contribution >= 4 is 19.9 Å². The Morgan fingerprint density at radius 3 is 2.12 bits per heavy atom. The average molecular weight is 401 g/mol. The standard InChI is InChI=1S/C18H28N2O4S2/c1-14-10-15(2)18(16(3)11-14)12-19-5-7-20(8-6-19)26(23,24)17-4-9-25(21,22)13-17/h10-11,17H,4-9,12-13H2,1-3H3. The quantitative estimate of drug-likeness (QED) is 0.760. The molecule has 0 spiro atoms. The molecular weight excluding hydrogens is 372 g/mol. The maximum absolute atomic E-state index is 12.7. The maximum atomic E-state index is 12.7. The molecule has 2 aliphatic rings. The summed E-state index contributed by atoms with van der Waals surface area (Å²) in [5, 5.41) is -0.763.